The molecule has 2 heteroatoms. The van der Waals surface area contributed by atoms with Crippen LogP contribution in [0.15, 0.2) is 22.7 Å². The summed E-state index contributed by atoms with van der Waals surface area (Å²) in [7, 11) is 0. The quantitative estimate of drug-likeness (QED) is 0.748. The zero-order valence-electron chi connectivity index (χ0n) is 8.39. The van der Waals surface area contributed by atoms with Gasteiger partial charge < -0.3 is 5.73 Å². The molecule has 0 radical (unpaired) electrons. The third-order valence-corrected chi connectivity index (χ3v) is 2.32. The topological polar surface area (TPSA) is 26.0 Å². The first-order chi connectivity index (χ1) is 5.88. The predicted octanol–water partition coefficient (Wildman–Crippen LogP) is 3.62. The Kier molecular flexibility index (Phi) is 3.01. The van der Waals surface area contributed by atoms with Gasteiger partial charge in [0.25, 0.3) is 0 Å². The largest absolute Gasteiger partial charge is 0.399 e. The Bertz CT molecular complexity index is 299. The van der Waals surface area contributed by atoms with Crippen LogP contribution in [0.3, 0.4) is 0 Å². The highest BCUT2D eigenvalue weighted by atomic mass is 79.9. The Morgan fingerprint density at radius 1 is 1.31 bits per heavy atom. The van der Waals surface area contributed by atoms with Crippen LogP contribution in [0.4, 0.5) is 5.69 Å². The van der Waals surface area contributed by atoms with Crippen molar-refractivity contribution in [3.8, 4) is 0 Å². The fourth-order valence-corrected chi connectivity index (χ4v) is 1.71. The van der Waals surface area contributed by atoms with Gasteiger partial charge >= 0.3 is 0 Å². The van der Waals surface area contributed by atoms with Gasteiger partial charge in [0.2, 0.25) is 0 Å². The molecule has 0 aromatic heterocycles. The van der Waals surface area contributed by atoms with Gasteiger partial charge in [-0.3, -0.25) is 0 Å². The first-order valence-electron chi connectivity index (χ1n) is 4.42. The summed E-state index contributed by atoms with van der Waals surface area (Å²) in [6.07, 6.45) is 1.01. The number of nitrogen functional groups attached to an aromatic ring is 1. The molecule has 2 N–H and O–H groups in total. The number of benzene rings is 1. The second kappa shape index (κ2) is 3.70. The highest BCUT2D eigenvalue weighted by Gasteiger charge is 2.13. The molecule has 0 amide bonds. The minimum atomic E-state index is 0.287. The van der Waals surface area contributed by atoms with Crippen LogP contribution in [0.2, 0.25) is 0 Å². The van der Waals surface area contributed by atoms with E-state index in [-0.39, 0.29) is 5.41 Å². The molecular formula is C11H16BrN. The Morgan fingerprint density at radius 2 is 1.92 bits per heavy atom. The molecule has 0 bridgehead atoms. The van der Waals surface area contributed by atoms with Crippen LogP contribution in [-0.2, 0) is 6.42 Å². The van der Waals surface area contributed by atoms with E-state index in [2.05, 4.69) is 42.8 Å². The molecule has 0 aliphatic heterocycles. The number of halogens is 1. The Labute approximate surface area is 88.5 Å². The predicted molar refractivity (Wildman–Crippen MR) is 61.7 cm³/mol. The van der Waals surface area contributed by atoms with E-state index >= 15 is 0 Å². The molecule has 0 saturated heterocycles. The lowest BCUT2D eigenvalue weighted by molar-refractivity contribution is 0.412. The maximum absolute atomic E-state index is 5.88. The summed E-state index contributed by atoms with van der Waals surface area (Å²) >= 11 is 3.45. The number of anilines is 1. The summed E-state index contributed by atoms with van der Waals surface area (Å²) in [6, 6.07) is 6.02. The van der Waals surface area contributed by atoms with E-state index < -0.39 is 0 Å². The molecule has 0 heterocycles. The van der Waals surface area contributed by atoms with E-state index in [9.17, 15) is 0 Å². The van der Waals surface area contributed by atoms with Crippen LogP contribution < -0.4 is 5.73 Å². The molecular weight excluding hydrogens is 226 g/mol. The Morgan fingerprint density at radius 3 is 2.46 bits per heavy atom. The summed E-state index contributed by atoms with van der Waals surface area (Å²) < 4.78 is 1.10. The third-order valence-electron chi connectivity index (χ3n) is 1.83. The molecule has 0 aliphatic rings. The van der Waals surface area contributed by atoms with Crippen molar-refractivity contribution in [1.82, 2.24) is 0 Å². The van der Waals surface area contributed by atoms with Gasteiger partial charge in [-0.2, -0.15) is 0 Å². The molecule has 1 aromatic rings. The Balaban J connectivity index is 2.94. The van der Waals surface area contributed by atoms with E-state index in [0.717, 1.165) is 16.6 Å². The van der Waals surface area contributed by atoms with E-state index in [1.165, 1.54) is 5.56 Å². The molecule has 0 saturated carbocycles. The molecule has 72 valence electrons. The van der Waals surface area contributed by atoms with Gasteiger partial charge in [0.1, 0.15) is 0 Å². The maximum atomic E-state index is 5.88. The first-order valence-corrected chi connectivity index (χ1v) is 5.22. The summed E-state index contributed by atoms with van der Waals surface area (Å²) in [6.45, 7) is 6.65. The Hall–Kier alpha value is -0.500. The van der Waals surface area contributed by atoms with Crippen LogP contribution in [0.1, 0.15) is 26.3 Å². The normalized spacial score (nSPS) is 11.7. The van der Waals surface area contributed by atoms with Gasteiger partial charge in [-0.05, 0) is 35.6 Å². The fraction of sp³-hybridized carbons (Fsp3) is 0.455. The molecule has 1 aromatic carbocycles. The summed E-state index contributed by atoms with van der Waals surface area (Å²) in [5.74, 6) is 0. The van der Waals surface area contributed by atoms with E-state index in [4.69, 9.17) is 5.73 Å². The zero-order chi connectivity index (χ0) is 10.1. The van der Waals surface area contributed by atoms with E-state index in [0.29, 0.717) is 0 Å². The van der Waals surface area contributed by atoms with Crippen molar-refractivity contribution >= 4 is 21.6 Å². The molecule has 13 heavy (non-hydrogen) atoms. The van der Waals surface area contributed by atoms with Crippen molar-refractivity contribution in [2.45, 2.75) is 27.2 Å². The number of hydrogen-bond donors (Lipinski definition) is 1. The number of hydrogen-bond acceptors (Lipinski definition) is 1. The van der Waals surface area contributed by atoms with Gasteiger partial charge in [-0.1, -0.05) is 36.7 Å². The standard InChI is InChI=1S/C11H16BrN/c1-11(2,3)7-8-6-9(12)4-5-10(8)13/h4-6H,7,13H2,1-3H3. The van der Waals surface area contributed by atoms with Gasteiger partial charge in [0.05, 0.1) is 0 Å². The van der Waals surface area contributed by atoms with Gasteiger partial charge in [-0.15, -0.1) is 0 Å². The van der Waals surface area contributed by atoms with Gasteiger partial charge in [-0.25, -0.2) is 0 Å². The monoisotopic (exact) mass is 241 g/mol. The molecule has 1 rings (SSSR count). The highest BCUT2D eigenvalue weighted by molar-refractivity contribution is 9.10. The van der Waals surface area contributed by atoms with Crippen molar-refractivity contribution in [3.05, 3.63) is 28.2 Å². The van der Waals surface area contributed by atoms with Crippen molar-refractivity contribution in [3.63, 3.8) is 0 Å². The molecule has 1 nitrogen and oxygen atoms in total. The highest BCUT2D eigenvalue weighted by Crippen LogP contribution is 2.26. The third kappa shape index (κ3) is 3.39. The van der Waals surface area contributed by atoms with Crippen molar-refractivity contribution in [2.24, 2.45) is 5.41 Å². The van der Waals surface area contributed by atoms with Gasteiger partial charge in [0, 0.05) is 10.2 Å². The molecule has 0 atom stereocenters. The second-order valence-corrected chi connectivity index (χ2v) is 5.50. The van der Waals surface area contributed by atoms with Crippen molar-refractivity contribution < 1.29 is 0 Å². The van der Waals surface area contributed by atoms with E-state index in [1.807, 2.05) is 12.1 Å². The smallest absolute Gasteiger partial charge is 0.0347 e. The second-order valence-electron chi connectivity index (χ2n) is 4.58. The average molecular weight is 242 g/mol. The molecule has 0 unspecified atom stereocenters. The van der Waals surface area contributed by atoms with Crippen LogP contribution in [0.25, 0.3) is 0 Å². The maximum Gasteiger partial charge on any atom is 0.0347 e. The summed E-state index contributed by atoms with van der Waals surface area (Å²) in [5.41, 5.74) is 8.27. The average Bonchev–Trinajstić information content (AvgIpc) is 1.94. The van der Waals surface area contributed by atoms with Gasteiger partial charge in [0.15, 0.2) is 0 Å². The van der Waals surface area contributed by atoms with E-state index in [1.54, 1.807) is 0 Å². The first kappa shape index (κ1) is 10.6. The molecule has 0 aliphatic carbocycles. The van der Waals surface area contributed by atoms with Crippen molar-refractivity contribution in [2.75, 3.05) is 5.73 Å². The summed E-state index contributed by atoms with van der Waals surface area (Å²) in [4.78, 5) is 0. The van der Waals surface area contributed by atoms with Crippen LogP contribution >= 0.6 is 15.9 Å². The number of rotatable bonds is 1. The zero-order valence-corrected chi connectivity index (χ0v) is 9.98. The van der Waals surface area contributed by atoms with Crippen LogP contribution in [0, 0.1) is 5.41 Å². The molecule has 0 fully saturated rings. The lowest BCUT2D eigenvalue weighted by Gasteiger charge is -2.19. The SMILES string of the molecule is CC(C)(C)Cc1cc(Br)ccc1N. The van der Waals surface area contributed by atoms with Crippen molar-refractivity contribution in [1.29, 1.82) is 0 Å². The summed E-state index contributed by atoms with van der Waals surface area (Å²) in [5, 5.41) is 0. The number of nitrogens with two attached hydrogens (primary N) is 1. The lowest BCUT2D eigenvalue weighted by Crippen LogP contribution is -2.10. The fourth-order valence-electron chi connectivity index (χ4n) is 1.30. The lowest BCUT2D eigenvalue weighted by atomic mass is 9.87. The molecule has 0 spiro atoms. The van der Waals surface area contributed by atoms with Crippen LogP contribution in [-0.4, -0.2) is 0 Å². The van der Waals surface area contributed by atoms with Crippen LogP contribution in [0.5, 0.6) is 0 Å². The minimum Gasteiger partial charge on any atom is -0.399 e. The minimum absolute atomic E-state index is 0.287.